The van der Waals surface area contributed by atoms with Crippen LogP contribution in [0.5, 0.6) is 0 Å². The standard InChI is InChI=1S/C14H18BrNO2/c1-9(11-4-3-5-12(15)8-11)16-13(10-6-7-10)14(17)18-2/h3-5,8-10,13,16H,6-7H2,1-2H3/t9-,13?/m1/s1. The van der Waals surface area contributed by atoms with E-state index in [1.807, 2.05) is 12.1 Å². The van der Waals surface area contributed by atoms with Crippen molar-refractivity contribution in [3.63, 3.8) is 0 Å². The van der Waals surface area contributed by atoms with Crippen molar-refractivity contribution < 1.29 is 9.53 Å². The third kappa shape index (κ3) is 3.33. The normalized spacial score (nSPS) is 18.2. The summed E-state index contributed by atoms with van der Waals surface area (Å²) in [6, 6.07) is 8.08. The summed E-state index contributed by atoms with van der Waals surface area (Å²) in [5.41, 5.74) is 1.17. The first-order valence-corrected chi connectivity index (χ1v) is 7.00. The number of hydrogen-bond donors (Lipinski definition) is 1. The average molecular weight is 312 g/mol. The first-order valence-electron chi connectivity index (χ1n) is 6.21. The van der Waals surface area contributed by atoms with Gasteiger partial charge in [0.15, 0.2) is 0 Å². The topological polar surface area (TPSA) is 38.3 Å². The maximum absolute atomic E-state index is 11.7. The highest BCUT2D eigenvalue weighted by atomic mass is 79.9. The predicted molar refractivity (Wildman–Crippen MR) is 74.2 cm³/mol. The molecule has 0 heterocycles. The molecule has 1 fully saturated rings. The molecule has 2 rings (SSSR count). The highest BCUT2D eigenvalue weighted by Gasteiger charge is 2.37. The van der Waals surface area contributed by atoms with E-state index in [4.69, 9.17) is 4.74 Å². The molecule has 0 aromatic heterocycles. The monoisotopic (exact) mass is 311 g/mol. The molecule has 0 bridgehead atoms. The molecular weight excluding hydrogens is 294 g/mol. The lowest BCUT2D eigenvalue weighted by Gasteiger charge is -2.21. The Labute approximate surface area is 116 Å². The predicted octanol–water partition coefficient (Wildman–Crippen LogP) is 3.05. The van der Waals surface area contributed by atoms with Crippen molar-refractivity contribution in [2.45, 2.75) is 31.8 Å². The lowest BCUT2D eigenvalue weighted by molar-refractivity contribution is -0.144. The molecule has 1 aliphatic rings. The zero-order valence-corrected chi connectivity index (χ0v) is 12.2. The van der Waals surface area contributed by atoms with Gasteiger partial charge in [0.1, 0.15) is 6.04 Å². The van der Waals surface area contributed by atoms with Crippen LogP contribution in [0.4, 0.5) is 0 Å². The molecule has 1 aromatic carbocycles. The first-order chi connectivity index (χ1) is 8.61. The van der Waals surface area contributed by atoms with Gasteiger partial charge in [-0.1, -0.05) is 28.1 Å². The van der Waals surface area contributed by atoms with Gasteiger partial charge in [-0.15, -0.1) is 0 Å². The van der Waals surface area contributed by atoms with Crippen LogP contribution >= 0.6 is 15.9 Å². The molecule has 0 amide bonds. The Kier molecular flexibility index (Phi) is 4.40. The second-order valence-electron chi connectivity index (χ2n) is 4.78. The van der Waals surface area contributed by atoms with Gasteiger partial charge in [-0.2, -0.15) is 0 Å². The highest BCUT2D eigenvalue weighted by molar-refractivity contribution is 9.10. The van der Waals surface area contributed by atoms with Gasteiger partial charge in [0.2, 0.25) is 0 Å². The van der Waals surface area contributed by atoms with E-state index >= 15 is 0 Å². The SMILES string of the molecule is COC(=O)C(N[C@H](C)c1cccc(Br)c1)C1CC1. The third-order valence-corrected chi connectivity index (χ3v) is 3.82. The second kappa shape index (κ2) is 5.85. The van der Waals surface area contributed by atoms with Crippen LogP contribution in [-0.2, 0) is 9.53 Å². The molecular formula is C14H18BrNO2. The minimum atomic E-state index is -0.177. The van der Waals surface area contributed by atoms with Gasteiger partial charge in [0.05, 0.1) is 7.11 Å². The molecule has 1 aromatic rings. The molecule has 1 aliphatic carbocycles. The van der Waals surface area contributed by atoms with Crippen molar-refractivity contribution in [3.8, 4) is 0 Å². The Morgan fingerprint density at radius 2 is 2.22 bits per heavy atom. The van der Waals surface area contributed by atoms with E-state index in [9.17, 15) is 4.79 Å². The summed E-state index contributed by atoms with van der Waals surface area (Å²) in [6.45, 7) is 2.07. The molecule has 0 radical (unpaired) electrons. The van der Waals surface area contributed by atoms with Crippen LogP contribution in [0.3, 0.4) is 0 Å². The molecule has 98 valence electrons. The Bertz CT molecular complexity index is 432. The summed E-state index contributed by atoms with van der Waals surface area (Å²) in [6.07, 6.45) is 2.22. The summed E-state index contributed by atoms with van der Waals surface area (Å²) < 4.78 is 5.91. The number of hydrogen-bond acceptors (Lipinski definition) is 3. The van der Waals surface area contributed by atoms with E-state index in [2.05, 4.69) is 40.3 Å². The molecule has 1 N–H and O–H groups in total. The van der Waals surface area contributed by atoms with Gasteiger partial charge in [-0.25, -0.2) is 0 Å². The van der Waals surface area contributed by atoms with Crippen LogP contribution in [0.15, 0.2) is 28.7 Å². The fourth-order valence-corrected chi connectivity index (χ4v) is 2.51. The second-order valence-corrected chi connectivity index (χ2v) is 5.70. The molecule has 0 aliphatic heterocycles. The zero-order chi connectivity index (χ0) is 13.1. The Hall–Kier alpha value is -0.870. The van der Waals surface area contributed by atoms with E-state index in [0.717, 1.165) is 17.3 Å². The highest BCUT2D eigenvalue weighted by Crippen LogP contribution is 2.34. The van der Waals surface area contributed by atoms with Gasteiger partial charge >= 0.3 is 5.97 Å². The first kappa shape index (κ1) is 13.6. The number of esters is 1. The third-order valence-electron chi connectivity index (χ3n) is 3.33. The van der Waals surface area contributed by atoms with E-state index < -0.39 is 0 Å². The Morgan fingerprint density at radius 3 is 2.78 bits per heavy atom. The summed E-state index contributed by atoms with van der Waals surface area (Å²) in [5.74, 6) is 0.284. The summed E-state index contributed by atoms with van der Waals surface area (Å²) in [4.78, 5) is 11.7. The summed E-state index contributed by atoms with van der Waals surface area (Å²) >= 11 is 3.46. The molecule has 0 spiro atoms. The minimum absolute atomic E-state index is 0.132. The van der Waals surface area contributed by atoms with E-state index in [0.29, 0.717) is 5.92 Å². The van der Waals surface area contributed by atoms with E-state index in [1.165, 1.54) is 12.7 Å². The molecule has 3 nitrogen and oxygen atoms in total. The quantitative estimate of drug-likeness (QED) is 0.849. The maximum Gasteiger partial charge on any atom is 0.323 e. The molecule has 1 saturated carbocycles. The fourth-order valence-electron chi connectivity index (χ4n) is 2.09. The number of carbonyl (C=O) groups is 1. The average Bonchev–Trinajstić information content (AvgIpc) is 3.19. The summed E-state index contributed by atoms with van der Waals surface area (Å²) in [7, 11) is 1.45. The Balaban J connectivity index is 2.04. The van der Waals surface area contributed by atoms with Crippen LogP contribution in [-0.4, -0.2) is 19.1 Å². The van der Waals surface area contributed by atoms with Gasteiger partial charge in [-0.05, 0) is 43.4 Å². The van der Waals surface area contributed by atoms with Crippen LogP contribution in [0.25, 0.3) is 0 Å². The van der Waals surface area contributed by atoms with Crippen LogP contribution in [0, 0.1) is 5.92 Å². The van der Waals surface area contributed by atoms with Gasteiger partial charge < -0.3 is 4.74 Å². The molecule has 1 unspecified atom stereocenters. The zero-order valence-electron chi connectivity index (χ0n) is 10.7. The number of halogens is 1. The van der Waals surface area contributed by atoms with Crippen molar-refractivity contribution in [2.24, 2.45) is 5.92 Å². The maximum atomic E-state index is 11.7. The number of carbonyl (C=O) groups excluding carboxylic acids is 1. The fraction of sp³-hybridized carbons (Fsp3) is 0.500. The van der Waals surface area contributed by atoms with Gasteiger partial charge in [0.25, 0.3) is 0 Å². The van der Waals surface area contributed by atoms with Crippen molar-refractivity contribution in [3.05, 3.63) is 34.3 Å². The minimum Gasteiger partial charge on any atom is -0.468 e. The van der Waals surface area contributed by atoms with Crippen LogP contribution < -0.4 is 5.32 Å². The van der Waals surface area contributed by atoms with Crippen LogP contribution in [0.1, 0.15) is 31.4 Å². The molecule has 0 saturated heterocycles. The van der Waals surface area contributed by atoms with Crippen molar-refractivity contribution >= 4 is 21.9 Å². The van der Waals surface area contributed by atoms with Crippen molar-refractivity contribution in [1.29, 1.82) is 0 Å². The van der Waals surface area contributed by atoms with Crippen LogP contribution in [0.2, 0.25) is 0 Å². The van der Waals surface area contributed by atoms with E-state index in [1.54, 1.807) is 0 Å². The lowest BCUT2D eigenvalue weighted by Crippen LogP contribution is -2.40. The number of ether oxygens (including phenoxy) is 1. The summed E-state index contributed by atoms with van der Waals surface area (Å²) in [5, 5.41) is 3.38. The molecule has 18 heavy (non-hydrogen) atoms. The number of benzene rings is 1. The van der Waals surface area contributed by atoms with Crippen molar-refractivity contribution in [2.75, 3.05) is 7.11 Å². The van der Waals surface area contributed by atoms with Crippen molar-refractivity contribution in [1.82, 2.24) is 5.32 Å². The molecule has 2 atom stereocenters. The van der Waals surface area contributed by atoms with E-state index in [-0.39, 0.29) is 18.1 Å². The number of methoxy groups -OCH3 is 1. The van der Waals surface area contributed by atoms with Gasteiger partial charge in [0, 0.05) is 10.5 Å². The smallest absolute Gasteiger partial charge is 0.323 e. The number of nitrogens with one attached hydrogen (secondary N) is 1. The lowest BCUT2D eigenvalue weighted by atomic mass is 10.1. The number of rotatable bonds is 5. The largest absolute Gasteiger partial charge is 0.468 e. The van der Waals surface area contributed by atoms with Gasteiger partial charge in [-0.3, -0.25) is 10.1 Å². The molecule has 4 heteroatoms. The Morgan fingerprint density at radius 1 is 1.50 bits per heavy atom.